The van der Waals surface area contributed by atoms with Crippen molar-refractivity contribution >= 4 is 29.5 Å². The van der Waals surface area contributed by atoms with Gasteiger partial charge < -0.3 is 9.47 Å². The average Bonchev–Trinajstić information content (AvgIpc) is 1.98. The van der Waals surface area contributed by atoms with Crippen LogP contribution in [0.2, 0.25) is 0 Å². The highest BCUT2D eigenvalue weighted by molar-refractivity contribution is 7.80. The number of carbonyl (C=O) groups is 2. The lowest BCUT2D eigenvalue weighted by Crippen LogP contribution is -2.44. The molecule has 0 aromatic heterocycles. The normalized spacial score (nSPS) is 10.2. The molecule has 0 aromatic carbocycles. The van der Waals surface area contributed by atoms with E-state index in [9.17, 15) is 9.59 Å². The molecule has 0 heterocycles. The maximum Gasteiger partial charge on any atom is 0.413 e. The number of rotatable bonds is 1. The first-order valence-electron chi connectivity index (χ1n) is 4.72. The number of hydrogen-bond donors (Lipinski definition) is 2. The van der Waals surface area contributed by atoms with Crippen molar-refractivity contribution in [2.24, 2.45) is 0 Å². The first-order chi connectivity index (χ1) is 7.24. The van der Waals surface area contributed by atoms with Crippen molar-refractivity contribution in [1.29, 1.82) is 0 Å². The van der Waals surface area contributed by atoms with Gasteiger partial charge in [-0.2, -0.15) is 0 Å². The van der Waals surface area contributed by atoms with E-state index in [4.69, 9.17) is 4.74 Å². The van der Waals surface area contributed by atoms with Crippen molar-refractivity contribution in [3.8, 4) is 0 Å². The molecule has 0 aliphatic rings. The van der Waals surface area contributed by atoms with Gasteiger partial charge in [0.05, 0.1) is 6.61 Å². The van der Waals surface area contributed by atoms with Crippen LogP contribution in [0.25, 0.3) is 0 Å². The molecule has 0 saturated carbocycles. The summed E-state index contributed by atoms with van der Waals surface area (Å²) >= 11 is 4.69. The van der Waals surface area contributed by atoms with Gasteiger partial charge in [-0.3, -0.25) is 10.6 Å². The largest absolute Gasteiger partial charge is 0.450 e. The fourth-order valence-corrected chi connectivity index (χ4v) is 0.854. The van der Waals surface area contributed by atoms with Crippen LogP contribution in [-0.4, -0.2) is 29.5 Å². The molecule has 0 fully saturated rings. The lowest BCUT2D eigenvalue weighted by Gasteiger charge is -2.19. The Bertz CT molecular complexity index is 286. The van der Waals surface area contributed by atoms with Gasteiger partial charge in [0.2, 0.25) is 0 Å². The van der Waals surface area contributed by atoms with Gasteiger partial charge in [-0.1, -0.05) is 0 Å². The lowest BCUT2D eigenvalue weighted by atomic mass is 10.2. The molecule has 92 valence electrons. The van der Waals surface area contributed by atoms with Gasteiger partial charge in [-0.05, 0) is 39.9 Å². The van der Waals surface area contributed by atoms with Crippen molar-refractivity contribution in [1.82, 2.24) is 10.6 Å². The van der Waals surface area contributed by atoms with E-state index in [0.717, 1.165) is 0 Å². The van der Waals surface area contributed by atoms with Crippen molar-refractivity contribution in [3.05, 3.63) is 0 Å². The Hall–Kier alpha value is -1.37. The van der Waals surface area contributed by atoms with E-state index in [0.29, 0.717) is 0 Å². The molecule has 16 heavy (non-hydrogen) atoms. The number of thiocarbonyl (C=S) groups is 1. The maximum absolute atomic E-state index is 11.2. The third-order valence-corrected chi connectivity index (χ3v) is 1.31. The van der Waals surface area contributed by atoms with Crippen LogP contribution >= 0.6 is 12.2 Å². The van der Waals surface area contributed by atoms with Gasteiger partial charge in [-0.15, -0.1) is 0 Å². The molecule has 7 heteroatoms. The van der Waals surface area contributed by atoms with E-state index in [1.165, 1.54) is 0 Å². The molecule has 0 atom stereocenters. The van der Waals surface area contributed by atoms with Crippen LogP contribution in [0.4, 0.5) is 9.59 Å². The Balaban J connectivity index is 3.97. The standard InChI is InChI=1S/C9H16N2O4S/c1-5-14-7(12)10-6(16)11-8(13)15-9(2,3)4/h5H2,1-4H3,(H2,10,11,12,13,16). The molecule has 0 saturated heterocycles. The van der Waals surface area contributed by atoms with E-state index in [1.807, 2.05) is 0 Å². The number of alkyl carbamates (subject to hydrolysis) is 2. The molecule has 2 amide bonds. The van der Waals surface area contributed by atoms with E-state index in [2.05, 4.69) is 27.6 Å². The Morgan fingerprint density at radius 1 is 1.19 bits per heavy atom. The quantitative estimate of drug-likeness (QED) is 0.688. The summed E-state index contributed by atoms with van der Waals surface area (Å²) in [5.41, 5.74) is -0.621. The molecule has 0 spiro atoms. The van der Waals surface area contributed by atoms with E-state index in [1.54, 1.807) is 27.7 Å². The Morgan fingerprint density at radius 2 is 1.69 bits per heavy atom. The fourth-order valence-electron chi connectivity index (χ4n) is 0.687. The third kappa shape index (κ3) is 7.98. The summed E-state index contributed by atoms with van der Waals surface area (Å²) in [6.07, 6.45) is -1.45. The second-order valence-electron chi connectivity index (χ2n) is 3.80. The molecule has 0 aromatic rings. The number of hydrogen-bond acceptors (Lipinski definition) is 5. The van der Waals surface area contributed by atoms with Crippen molar-refractivity contribution in [2.75, 3.05) is 6.61 Å². The molecule has 0 aliphatic heterocycles. The first-order valence-corrected chi connectivity index (χ1v) is 5.13. The predicted octanol–water partition coefficient (Wildman–Crippen LogP) is 1.54. The third-order valence-electron chi connectivity index (χ3n) is 1.11. The summed E-state index contributed by atoms with van der Waals surface area (Å²) < 4.78 is 9.49. The molecule has 0 aliphatic carbocycles. The summed E-state index contributed by atoms with van der Waals surface area (Å²) in [4.78, 5) is 22.1. The van der Waals surface area contributed by atoms with Crippen molar-refractivity contribution < 1.29 is 19.1 Å². The molecule has 0 unspecified atom stereocenters. The second-order valence-corrected chi connectivity index (χ2v) is 4.21. The summed E-state index contributed by atoms with van der Waals surface area (Å²) in [6.45, 7) is 7.03. The van der Waals surface area contributed by atoms with Crippen LogP contribution in [0.5, 0.6) is 0 Å². The predicted molar refractivity (Wildman–Crippen MR) is 62.1 cm³/mol. The minimum Gasteiger partial charge on any atom is -0.450 e. The highest BCUT2D eigenvalue weighted by atomic mass is 32.1. The van der Waals surface area contributed by atoms with E-state index < -0.39 is 17.8 Å². The zero-order valence-corrected chi connectivity index (χ0v) is 10.6. The van der Waals surface area contributed by atoms with E-state index >= 15 is 0 Å². The van der Waals surface area contributed by atoms with Crippen LogP contribution in [0.15, 0.2) is 0 Å². The van der Waals surface area contributed by atoms with Crippen LogP contribution in [0, 0.1) is 0 Å². The Morgan fingerprint density at radius 3 is 2.12 bits per heavy atom. The molecule has 0 radical (unpaired) electrons. The van der Waals surface area contributed by atoms with Gasteiger partial charge in [0.1, 0.15) is 5.60 Å². The van der Waals surface area contributed by atoms with Crippen LogP contribution < -0.4 is 10.6 Å². The zero-order chi connectivity index (χ0) is 12.8. The van der Waals surface area contributed by atoms with Crippen LogP contribution in [-0.2, 0) is 9.47 Å². The maximum atomic E-state index is 11.2. The fraction of sp³-hybridized carbons (Fsp3) is 0.667. The van der Waals surface area contributed by atoms with Gasteiger partial charge in [0.15, 0.2) is 5.11 Å². The highest BCUT2D eigenvalue weighted by Gasteiger charge is 2.17. The molecule has 0 bridgehead atoms. The number of ether oxygens (including phenoxy) is 2. The second kappa shape index (κ2) is 6.26. The molecular formula is C9H16N2O4S. The SMILES string of the molecule is CCOC(=O)NC(=S)NC(=O)OC(C)(C)C. The monoisotopic (exact) mass is 248 g/mol. The molecular weight excluding hydrogens is 232 g/mol. The summed E-state index contributed by atoms with van der Waals surface area (Å²) in [5.74, 6) is 0. The number of amides is 2. The summed E-state index contributed by atoms with van der Waals surface area (Å²) in [6, 6.07) is 0. The highest BCUT2D eigenvalue weighted by Crippen LogP contribution is 2.06. The molecule has 0 rings (SSSR count). The first kappa shape index (κ1) is 14.6. The lowest BCUT2D eigenvalue weighted by molar-refractivity contribution is 0.0563. The van der Waals surface area contributed by atoms with Crippen molar-refractivity contribution in [3.63, 3.8) is 0 Å². The zero-order valence-electron chi connectivity index (χ0n) is 9.75. The minimum absolute atomic E-state index is 0.160. The van der Waals surface area contributed by atoms with Gasteiger partial charge in [-0.25, -0.2) is 9.59 Å². The van der Waals surface area contributed by atoms with Gasteiger partial charge >= 0.3 is 12.2 Å². The molecule has 2 N–H and O–H groups in total. The van der Waals surface area contributed by atoms with Crippen LogP contribution in [0.1, 0.15) is 27.7 Å². The molecule has 6 nitrogen and oxygen atoms in total. The number of nitrogens with one attached hydrogen (secondary N) is 2. The van der Waals surface area contributed by atoms with Crippen molar-refractivity contribution in [2.45, 2.75) is 33.3 Å². The number of carbonyl (C=O) groups excluding carboxylic acids is 2. The Labute approximate surface area is 99.7 Å². The topological polar surface area (TPSA) is 76.7 Å². The van der Waals surface area contributed by atoms with E-state index in [-0.39, 0.29) is 11.7 Å². The summed E-state index contributed by atoms with van der Waals surface area (Å²) in [5, 5.41) is 4.18. The summed E-state index contributed by atoms with van der Waals surface area (Å²) in [7, 11) is 0. The van der Waals surface area contributed by atoms with Gasteiger partial charge in [0.25, 0.3) is 0 Å². The Kier molecular flexibility index (Phi) is 5.73. The van der Waals surface area contributed by atoms with Crippen LogP contribution in [0.3, 0.4) is 0 Å². The average molecular weight is 248 g/mol. The minimum atomic E-state index is -0.728. The van der Waals surface area contributed by atoms with Gasteiger partial charge in [0, 0.05) is 0 Å². The smallest absolute Gasteiger partial charge is 0.413 e.